The fourth-order valence-corrected chi connectivity index (χ4v) is 0.721. The average molecular weight is 159 g/mol. The third-order valence-corrected chi connectivity index (χ3v) is 1.12. The van der Waals surface area contributed by atoms with E-state index in [0.717, 1.165) is 0 Å². The first-order valence-electron chi connectivity index (χ1n) is 3.31. The first-order valence-corrected chi connectivity index (χ1v) is 3.31. The molecule has 0 heterocycles. The molecule has 64 valence electrons. The van der Waals surface area contributed by atoms with Crippen molar-refractivity contribution in [3.8, 4) is 0 Å². The van der Waals surface area contributed by atoms with Gasteiger partial charge >= 0.3 is 5.97 Å². The van der Waals surface area contributed by atoms with Crippen LogP contribution in [0.3, 0.4) is 0 Å². The van der Waals surface area contributed by atoms with Gasteiger partial charge in [-0.2, -0.15) is 0 Å². The lowest BCUT2D eigenvalue weighted by molar-refractivity contribution is -0.141. The zero-order valence-corrected chi connectivity index (χ0v) is 7.09. The number of methoxy groups -OCH3 is 1. The molecular weight excluding hydrogens is 146 g/mol. The Labute approximate surface area is 66.1 Å². The molecule has 0 rings (SSSR count). The Hall–Kier alpha value is -0.900. The monoisotopic (exact) mass is 159 g/mol. The van der Waals surface area contributed by atoms with Crippen LogP contribution in [0.5, 0.6) is 0 Å². The van der Waals surface area contributed by atoms with Gasteiger partial charge in [0.15, 0.2) is 0 Å². The molecule has 0 saturated heterocycles. The minimum atomic E-state index is -0.325. The summed E-state index contributed by atoms with van der Waals surface area (Å²) in [7, 11) is 3.02. The fraction of sp³-hybridized carbons (Fsp3) is 0.714. The van der Waals surface area contributed by atoms with Crippen molar-refractivity contribution in [3.63, 3.8) is 0 Å². The van der Waals surface area contributed by atoms with Gasteiger partial charge in [-0.05, 0) is 14.0 Å². The highest BCUT2D eigenvalue weighted by Crippen LogP contribution is 1.84. The summed E-state index contributed by atoms with van der Waals surface area (Å²) in [4.78, 5) is 22.8. The van der Waals surface area contributed by atoms with E-state index in [-0.39, 0.29) is 24.8 Å². The van der Waals surface area contributed by atoms with Crippen LogP contribution in [0.2, 0.25) is 0 Å². The second kappa shape index (κ2) is 4.85. The van der Waals surface area contributed by atoms with E-state index >= 15 is 0 Å². The molecule has 0 fully saturated rings. The first kappa shape index (κ1) is 10.1. The predicted molar refractivity (Wildman–Crippen MR) is 40.2 cm³/mol. The van der Waals surface area contributed by atoms with Crippen LogP contribution in [0.15, 0.2) is 0 Å². The molecule has 11 heavy (non-hydrogen) atoms. The van der Waals surface area contributed by atoms with Crippen LogP contribution >= 0.6 is 0 Å². The Morgan fingerprint density at radius 2 is 1.91 bits per heavy atom. The number of nitrogens with zero attached hydrogens (tertiary/aromatic N) is 1. The minimum Gasteiger partial charge on any atom is -0.468 e. The van der Waals surface area contributed by atoms with Gasteiger partial charge in [-0.25, -0.2) is 0 Å². The van der Waals surface area contributed by atoms with Gasteiger partial charge in [-0.3, -0.25) is 14.5 Å². The third-order valence-electron chi connectivity index (χ3n) is 1.12. The first-order chi connectivity index (χ1) is 5.06. The van der Waals surface area contributed by atoms with E-state index in [0.29, 0.717) is 0 Å². The van der Waals surface area contributed by atoms with Crippen LogP contribution in [0.25, 0.3) is 0 Å². The number of carbonyl (C=O) groups excluding carboxylic acids is 2. The number of ketones is 1. The van der Waals surface area contributed by atoms with E-state index in [1.165, 1.54) is 14.0 Å². The zero-order valence-electron chi connectivity index (χ0n) is 7.09. The van der Waals surface area contributed by atoms with Crippen LogP contribution in [0.4, 0.5) is 0 Å². The molecule has 0 aromatic heterocycles. The Kier molecular flexibility index (Phi) is 4.45. The molecule has 0 radical (unpaired) electrons. The zero-order chi connectivity index (χ0) is 8.85. The predicted octanol–water partition coefficient (Wildman–Crippen LogP) is -0.320. The highest BCUT2D eigenvalue weighted by molar-refractivity contribution is 5.78. The van der Waals surface area contributed by atoms with Gasteiger partial charge in [0.2, 0.25) is 0 Å². The largest absolute Gasteiger partial charge is 0.468 e. The Bertz CT molecular complexity index is 156. The van der Waals surface area contributed by atoms with E-state index in [1.807, 2.05) is 0 Å². The maximum absolute atomic E-state index is 10.6. The summed E-state index contributed by atoms with van der Waals surface area (Å²) >= 11 is 0. The summed E-state index contributed by atoms with van der Waals surface area (Å²) < 4.78 is 4.41. The van der Waals surface area contributed by atoms with E-state index < -0.39 is 0 Å². The number of likely N-dealkylation sites (N-methyl/N-ethyl adjacent to an activating group) is 1. The standard InChI is InChI=1S/C7H13NO3/c1-6(9)4-8(2)5-7(10)11-3/h4-5H2,1-3H3. The second-order valence-corrected chi connectivity index (χ2v) is 2.45. The lowest BCUT2D eigenvalue weighted by Gasteiger charge is -2.11. The van der Waals surface area contributed by atoms with Crippen molar-refractivity contribution >= 4 is 11.8 Å². The van der Waals surface area contributed by atoms with Crippen LogP contribution in [-0.2, 0) is 14.3 Å². The summed E-state index contributed by atoms with van der Waals surface area (Å²) in [5.41, 5.74) is 0. The highest BCUT2D eigenvalue weighted by atomic mass is 16.5. The van der Waals surface area contributed by atoms with Crippen molar-refractivity contribution < 1.29 is 14.3 Å². The quantitative estimate of drug-likeness (QED) is 0.527. The van der Waals surface area contributed by atoms with Crippen molar-refractivity contribution in [1.82, 2.24) is 4.90 Å². The molecule has 0 aromatic rings. The van der Waals surface area contributed by atoms with Crippen molar-refractivity contribution in [2.45, 2.75) is 6.92 Å². The Morgan fingerprint density at radius 3 is 2.27 bits per heavy atom. The summed E-state index contributed by atoms with van der Waals surface area (Å²) in [6.45, 7) is 1.93. The number of carbonyl (C=O) groups is 2. The van der Waals surface area contributed by atoms with Crippen molar-refractivity contribution in [1.29, 1.82) is 0 Å². The lowest BCUT2D eigenvalue weighted by atomic mass is 10.4. The van der Waals surface area contributed by atoms with Crippen molar-refractivity contribution in [2.24, 2.45) is 0 Å². The molecular formula is C7H13NO3. The number of esters is 1. The maximum Gasteiger partial charge on any atom is 0.319 e. The van der Waals surface area contributed by atoms with Gasteiger partial charge in [-0.15, -0.1) is 0 Å². The van der Waals surface area contributed by atoms with E-state index in [9.17, 15) is 9.59 Å². The van der Waals surface area contributed by atoms with Gasteiger partial charge in [0, 0.05) is 0 Å². The summed E-state index contributed by atoms with van der Waals surface area (Å²) in [6.07, 6.45) is 0. The van der Waals surface area contributed by atoms with Gasteiger partial charge in [-0.1, -0.05) is 0 Å². The lowest BCUT2D eigenvalue weighted by Crippen LogP contribution is -2.30. The molecule has 4 heteroatoms. The molecule has 0 aromatic carbocycles. The molecule has 0 amide bonds. The highest BCUT2D eigenvalue weighted by Gasteiger charge is 2.06. The molecule has 0 aliphatic rings. The average Bonchev–Trinajstić information content (AvgIpc) is 1.85. The molecule has 0 bridgehead atoms. The van der Waals surface area contributed by atoms with Crippen LogP contribution in [-0.4, -0.2) is 43.9 Å². The van der Waals surface area contributed by atoms with Crippen molar-refractivity contribution in [3.05, 3.63) is 0 Å². The van der Waals surface area contributed by atoms with E-state index in [1.54, 1.807) is 11.9 Å². The molecule has 0 saturated carbocycles. The molecule has 4 nitrogen and oxygen atoms in total. The van der Waals surface area contributed by atoms with E-state index in [4.69, 9.17) is 0 Å². The van der Waals surface area contributed by atoms with Crippen LogP contribution in [0, 0.1) is 0 Å². The summed E-state index contributed by atoms with van der Waals surface area (Å²) in [5.74, 6) is -0.287. The number of hydrogen-bond donors (Lipinski definition) is 0. The van der Waals surface area contributed by atoms with Crippen LogP contribution < -0.4 is 0 Å². The second-order valence-electron chi connectivity index (χ2n) is 2.45. The SMILES string of the molecule is COC(=O)CN(C)CC(C)=O. The number of hydrogen-bond acceptors (Lipinski definition) is 4. The Morgan fingerprint density at radius 1 is 1.36 bits per heavy atom. The van der Waals surface area contributed by atoms with E-state index in [2.05, 4.69) is 4.74 Å². The van der Waals surface area contributed by atoms with Crippen molar-refractivity contribution in [2.75, 3.05) is 27.2 Å². The van der Waals surface area contributed by atoms with Gasteiger partial charge in [0.05, 0.1) is 20.2 Å². The number of Topliss-reactive ketones (excluding diaryl/α,β-unsaturated/α-hetero) is 1. The summed E-state index contributed by atoms with van der Waals surface area (Å²) in [6, 6.07) is 0. The number of rotatable bonds is 4. The molecule has 0 unspecified atom stereocenters. The normalized spacial score (nSPS) is 9.82. The Balaban J connectivity index is 3.60. The topological polar surface area (TPSA) is 46.6 Å². The molecule has 0 N–H and O–H groups in total. The van der Waals surface area contributed by atoms with Gasteiger partial charge in [0.1, 0.15) is 5.78 Å². The molecule has 0 aliphatic heterocycles. The number of ether oxygens (including phenoxy) is 1. The van der Waals surface area contributed by atoms with Gasteiger partial charge < -0.3 is 4.74 Å². The third kappa shape index (κ3) is 5.54. The van der Waals surface area contributed by atoms with Gasteiger partial charge in [0.25, 0.3) is 0 Å². The maximum atomic E-state index is 10.6. The fourth-order valence-electron chi connectivity index (χ4n) is 0.721. The molecule has 0 spiro atoms. The van der Waals surface area contributed by atoms with Crippen LogP contribution in [0.1, 0.15) is 6.92 Å². The molecule has 0 aliphatic carbocycles. The molecule has 0 atom stereocenters. The smallest absolute Gasteiger partial charge is 0.319 e. The minimum absolute atomic E-state index is 0.0383. The summed E-state index contributed by atoms with van der Waals surface area (Å²) in [5, 5.41) is 0.